The first-order valence-corrected chi connectivity index (χ1v) is 16.7. The third-order valence-corrected chi connectivity index (χ3v) is 8.72. The smallest absolute Gasteiger partial charge is 0.247 e. The number of hydrogen-bond acceptors (Lipinski definition) is 3. The van der Waals surface area contributed by atoms with E-state index in [1.165, 1.54) is 33.4 Å². The lowest BCUT2D eigenvalue weighted by molar-refractivity contribution is -0.604. The summed E-state index contributed by atoms with van der Waals surface area (Å²) in [4.78, 5) is 14.2. The maximum atomic E-state index is 4.76. The average molecular weight is 623 g/mol. The predicted molar refractivity (Wildman–Crippen MR) is 193 cm³/mol. The van der Waals surface area contributed by atoms with Gasteiger partial charge in [0.2, 0.25) is 5.82 Å². The Balaban J connectivity index is 1.05. The minimum atomic E-state index is 0.876. The van der Waals surface area contributed by atoms with Gasteiger partial charge < -0.3 is 4.57 Å². The van der Waals surface area contributed by atoms with Crippen LogP contribution in [-0.4, -0.2) is 15.0 Å². The van der Waals surface area contributed by atoms with Crippen molar-refractivity contribution in [3.8, 4) is 28.3 Å². The molecule has 0 fully saturated rings. The molecule has 0 unspecified atom stereocenters. The molecule has 0 saturated heterocycles. The second kappa shape index (κ2) is 15.2. The second-order valence-corrected chi connectivity index (χ2v) is 12.2. The van der Waals surface area contributed by atoms with Gasteiger partial charge in [0.05, 0.1) is 11.4 Å². The zero-order valence-electron chi connectivity index (χ0n) is 27.0. The van der Waals surface area contributed by atoms with Crippen LogP contribution in [0, 0.1) is 6.20 Å². The molecule has 234 valence electrons. The second-order valence-electron chi connectivity index (χ2n) is 12.2. The molecule has 7 aromatic rings. The summed E-state index contributed by atoms with van der Waals surface area (Å²) in [7, 11) is 0. The van der Waals surface area contributed by atoms with E-state index >= 15 is 0 Å². The minimum Gasteiger partial charge on any atom is -0.322 e. The summed E-state index contributed by atoms with van der Waals surface area (Å²) in [6.45, 7) is 0. The van der Waals surface area contributed by atoms with E-state index in [0.29, 0.717) is 0 Å². The first kappa shape index (κ1) is 30.9. The Bertz CT molecular complexity index is 1770. The molecule has 0 N–H and O–H groups in total. The molecule has 0 spiro atoms. The average Bonchev–Trinajstić information content (AvgIpc) is 3.17. The number of hydrogen-bond donors (Lipinski definition) is 0. The molecular formula is C44H38N4. The Kier molecular flexibility index (Phi) is 9.80. The van der Waals surface area contributed by atoms with Gasteiger partial charge >= 0.3 is 0 Å². The van der Waals surface area contributed by atoms with Crippen LogP contribution in [-0.2, 0) is 38.5 Å². The number of nitrogens with zero attached hydrogens (tertiary/aromatic N) is 4. The zero-order chi connectivity index (χ0) is 32.4. The van der Waals surface area contributed by atoms with Crippen molar-refractivity contribution in [3.05, 3.63) is 198 Å². The van der Waals surface area contributed by atoms with Gasteiger partial charge in [-0.1, -0.05) is 102 Å². The summed E-state index contributed by atoms with van der Waals surface area (Å²) >= 11 is 0. The molecule has 0 aliphatic rings. The Morgan fingerprint density at radius 2 is 0.875 bits per heavy atom. The number of aromatic nitrogens is 4. The molecule has 0 radical (unpaired) electrons. The summed E-state index contributed by atoms with van der Waals surface area (Å²) < 4.78 is 1.91. The van der Waals surface area contributed by atoms with Crippen LogP contribution >= 0.6 is 0 Å². The molecule has 4 heteroatoms. The van der Waals surface area contributed by atoms with Gasteiger partial charge in [-0.25, -0.2) is 0 Å². The lowest BCUT2D eigenvalue weighted by atomic mass is 9.95. The number of benzene rings is 3. The van der Waals surface area contributed by atoms with Gasteiger partial charge in [-0.3, -0.25) is 9.97 Å². The van der Waals surface area contributed by atoms with Crippen LogP contribution in [0.25, 0.3) is 28.3 Å². The fourth-order valence-electron chi connectivity index (χ4n) is 6.05. The van der Waals surface area contributed by atoms with Crippen LogP contribution in [0.15, 0.2) is 158 Å². The Morgan fingerprint density at radius 1 is 0.417 bits per heavy atom. The molecule has 0 saturated carbocycles. The highest BCUT2D eigenvalue weighted by Crippen LogP contribution is 2.21. The molecule has 4 heterocycles. The lowest BCUT2D eigenvalue weighted by Gasteiger charge is -2.11. The molecule has 0 aliphatic heterocycles. The summed E-state index contributed by atoms with van der Waals surface area (Å²) in [6.07, 6.45) is 17.0. The molecule has 4 aromatic heterocycles. The van der Waals surface area contributed by atoms with Gasteiger partial charge in [0.1, 0.15) is 6.20 Å². The molecule has 3 aromatic carbocycles. The molecular weight excluding hydrogens is 585 g/mol. The zero-order valence-corrected chi connectivity index (χ0v) is 27.0. The highest BCUT2D eigenvalue weighted by Gasteiger charge is 2.08. The largest absolute Gasteiger partial charge is 0.322 e. The summed E-state index contributed by atoms with van der Waals surface area (Å²) in [5, 5.41) is 0. The van der Waals surface area contributed by atoms with Gasteiger partial charge in [-0.05, 0) is 90.1 Å². The molecule has 48 heavy (non-hydrogen) atoms. The normalized spacial score (nSPS) is 11.0. The fraction of sp³-hybridized carbons (Fsp3) is 0.136. The maximum absolute atomic E-state index is 4.76. The van der Waals surface area contributed by atoms with E-state index in [4.69, 9.17) is 15.0 Å². The van der Waals surface area contributed by atoms with Crippen LogP contribution in [0.2, 0.25) is 0 Å². The van der Waals surface area contributed by atoms with E-state index in [1.54, 1.807) is 0 Å². The van der Waals surface area contributed by atoms with Gasteiger partial charge in [-0.15, -0.1) is 18.2 Å². The molecule has 7 rings (SSSR count). The van der Waals surface area contributed by atoms with Gasteiger partial charge in [0, 0.05) is 35.9 Å². The molecule has 4 nitrogen and oxygen atoms in total. The van der Waals surface area contributed by atoms with Crippen molar-refractivity contribution < 1.29 is 4.57 Å². The lowest BCUT2D eigenvalue weighted by Crippen LogP contribution is -2.30. The summed E-state index contributed by atoms with van der Waals surface area (Å²) in [5.41, 5.74) is 12.2. The van der Waals surface area contributed by atoms with Crippen molar-refractivity contribution in [1.29, 1.82) is 0 Å². The Hall–Kier alpha value is -5.74. The Labute approximate surface area is 283 Å². The monoisotopic (exact) mass is 622 g/mol. The minimum absolute atomic E-state index is 0.876. The molecule has 0 bridgehead atoms. The van der Waals surface area contributed by atoms with Crippen molar-refractivity contribution in [2.75, 3.05) is 0 Å². The third-order valence-electron chi connectivity index (χ3n) is 8.72. The van der Waals surface area contributed by atoms with Gasteiger partial charge in [-0.2, -0.15) is 0 Å². The predicted octanol–water partition coefficient (Wildman–Crippen LogP) is 8.64. The van der Waals surface area contributed by atoms with Gasteiger partial charge in [0.25, 0.3) is 0 Å². The summed E-state index contributed by atoms with van der Waals surface area (Å²) in [5.74, 6) is 0.876. The number of pyridine rings is 4. The van der Waals surface area contributed by atoms with Crippen molar-refractivity contribution in [1.82, 2.24) is 15.0 Å². The van der Waals surface area contributed by atoms with E-state index < -0.39 is 0 Å². The highest BCUT2D eigenvalue weighted by atomic mass is 15.0. The van der Waals surface area contributed by atoms with Crippen LogP contribution in [0.3, 0.4) is 0 Å². The van der Waals surface area contributed by atoms with E-state index in [9.17, 15) is 0 Å². The number of aryl methyl sites for hydroxylation is 6. The molecule has 0 amide bonds. The van der Waals surface area contributed by atoms with Crippen LogP contribution in [0.1, 0.15) is 33.4 Å². The summed E-state index contributed by atoms with van der Waals surface area (Å²) in [6, 6.07) is 46.7. The van der Waals surface area contributed by atoms with E-state index in [2.05, 4.69) is 109 Å². The van der Waals surface area contributed by atoms with Crippen molar-refractivity contribution in [2.45, 2.75) is 38.5 Å². The third kappa shape index (κ3) is 8.15. The van der Waals surface area contributed by atoms with Crippen molar-refractivity contribution in [3.63, 3.8) is 0 Å². The molecule has 0 aliphatic carbocycles. The highest BCUT2D eigenvalue weighted by molar-refractivity contribution is 5.59. The topological polar surface area (TPSA) is 42.5 Å². The fourth-order valence-corrected chi connectivity index (χ4v) is 6.05. The van der Waals surface area contributed by atoms with Crippen LogP contribution in [0.5, 0.6) is 0 Å². The van der Waals surface area contributed by atoms with Crippen LogP contribution in [0.4, 0.5) is 0 Å². The van der Waals surface area contributed by atoms with Crippen molar-refractivity contribution >= 4 is 0 Å². The van der Waals surface area contributed by atoms with Crippen LogP contribution < -0.4 is 4.57 Å². The van der Waals surface area contributed by atoms with E-state index in [1.807, 2.05) is 59.7 Å². The number of rotatable bonds is 12. The molecule has 0 atom stereocenters. The standard InChI is InChI=1S/C44H38N4/c1-4-10-40(11-5-1)42-23-20-34(31-45-42)14-17-37-28-38(18-15-35-21-24-43(46-32-35)41-12-6-2-7-13-41)30-39(29-37)19-16-36-22-25-44(47-33-36)48-26-8-3-9-27-48/h1-13,20-26,28-33H,14-19H2. The maximum Gasteiger partial charge on any atom is 0.247 e. The first-order chi connectivity index (χ1) is 23.7. The van der Waals surface area contributed by atoms with E-state index in [0.717, 1.165) is 66.9 Å². The van der Waals surface area contributed by atoms with E-state index in [-0.39, 0.29) is 0 Å². The van der Waals surface area contributed by atoms with Gasteiger partial charge in [0.15, 0.2) is 0 Å². The SMILES string of the molecule is [c-]1cccc[n+]1-c1ccc(CCc2cc(CCc3ccc(-c4ccccc4)nc3)cc(CCc3ccc(-c4ccccc4)nc3)c2)cn1. The quantitative estimate of drug-likeness (QED) is 0.101. The Morgan fingerprint density at radius 3 is 1.27 bits per heavy atom. The van der Waals surface area contributed by atoms with Crippen molar-refractivity contribution in [2.24, 2.45) is 0 Å². The first-order valence-electron chi connectivity index (χ1n) is 16.7.